The van der Waals surface area contributed by atoms with E-state index in [1.54, 1.807) is 0 Å². The van der Waals surface area contributed by atoms with E-state index in [4.69, 9.17) is 9.84 Å². The van der Waals surface area contributed by atoms with E-state index in [0.29, 0.717) is 18.7 Å². The van der Waals surface area contributed by atoms with Crippen molar-refractivity contribution in [1.29, 1.82) is 0 Å². The van der Waals surface area contributed by atoms with E-state index in [0.717, 1.165) is 12.8 Å². The monoisotopic (exact) mass is 319 g/mol. The molecule has 8 nitrogen and oxygen atoms in total. The maximum Gasteiger partial charge on any atom is 0.335 e. The Balaban J connectivity index is 1.76. The Morgan fingerprint density at radius 2 is 2.00 bits per heavy atom. The van der Waals surface area contributed by atoms with Gasteiger partial charge in [-0.15, -0.1) is 0 Å². The summed E-state index contributed by atoms with van der Waals surface area (Å²) in [5.74, 6) is -2.68. The molecular formula is C15H17N3O5. The van der Waals surface area contributed by atoms with E-state index in [2.05, 4.69) is 15.8 Å². The summed E-state index contributed by atoms with van der Waals surface area (Å²) in [6, 6.07) is 5.91. The molecule has 2 amide bonds. The molecule has 8 heteroatoms. The minimum absolute atomic E-state index is 0.0389. The maximum atomic E-state index is 11.5. The second kappa shape index (κ2) is 8.04. The molecule has 0 bridgehead atoms. The predicted molar refractivity (Wildman–Crippen MR) is 81.1 cm³/mol. The van der Waals surface area contributed by atoms with Crippen molar-refractivity contribution in [3.8, 4) is 0 Å². The summed E-state index contributed by atoms with van der Waals surface area (Å²) in [5, 5.41) is 14.9. The minimum Gasteiger partial charge on any atom is -0.478 e. The van der Waals surface area contributed by atoms with Crippen molar-refractivity contribution in [3.63, 3.8) is 0 Å². The highest BCUT2D eigenvalue weighted by Crippen LogP contribution is 2.10. The normalized spacial score (nSPS) is 17.1. The molecule has 2 rings (SSSR count). The highest BCUT2D eigenvalue weighted by Gasteiger charge is 2.18. The third-order valence-electron chi connectivity index (χ3n) is 3.26. The zero-order valence-electron chi connectivity index (χ0n) is 12.3. The third kappa shape index (κ3) is 5.19. The molecule has 1 aromatic rings. The average molecular weight is 319 g/mol. The molecule has 0 spiro atoms. The van der Waals surface area contributed by atoms with Gasteiger partial charge in [-0.1, -0.05) is 12.1 Å². The number of carbonyl (C=O) groups is 3. The molecule has 122 valence electrons. The first-order valence-corrected chi connectivity index (χ1v) is 7.12. The van der Waals surface area contributed by atoms with Crippen molar-refractivity contribution < 1.29 is 24.2 Å². The van der Waals surface area contributed by atoms with Crippen LogP contribution < -0.4 is 10.7 Å². The maximum absolute atomic E-state index is 11.5. The van der Waals surface area contributed by atoms with Crippen LogP contribution in [0.1, 0.15) is 28.8 Å². The van der Waals surface area contributed by atoms with Crippen LogP contribution in [0.5, 0.6) is 0 Å². The Labute approximate surface area is 132 Å². The van der Waals surface area contributed by atoms with Crippen molar-refractivity contribution in [2.24, 2.45) is 5.10 Å². The van der Waals surface area contributed by atoms with Gasteiger partial charge in [0.2, 0.25) is 0 Å². The summed E-state index contributed by atoms with van der Waals surface area (Å²) in [5.41, 5.74) is 2.85. The molecule has 1 aliphatic rings. The fourth-order valence-corrected chi connectivity index (χ4v) is 2.02. The van der Waals surface area contributed by atoms with Crippen LogP contribution in [0.25, 0.3) is 0 Å². The number of hydrazone groups is 1. The zero-order valence-corrected chi connectivity index (χ0v) is 12.3. The number of ether oxygens (including phenoxy) is 1. The molecule has 23 heavy (non-hydrogen) atoms. The lowest BCUT2D eigenvalue weighted by Crippen LogP contribution is -2.41. The van der Waals surface area contributed by atoms with E-state index in [9.17, 15) is 14.4 Å². The van der Waals surface area contributed by atoms with Crippen LogP contribution in [0.3, 0.4) is 0 Å². The van der Waals surface area contributed by atoms with E-state index in [1.807, 2.05) is 0 Å². The number of carbonyl (C=O) groups excluding carboxylic acids is 2. The van der Waals surface area contributed by atoms with Crippen molar-refractivity contribution in [1.82, 2.24) is 10.7 Å². The molecule has 1 fully saturated rings. The van der Waals surface area contributed by atoms with E-state index in [1.165, 1.54) is 30.5 Å². The van der Waals surface area contributed by atoms with Gasteiger partial charge in [0.15, 0.2) is 0 Å². The van der Waals surface area contributed by atoms with Gasteiger partial charge < -0.3 is 15.2 Å². The van der Waals surface area contributed by atoms with Gasteiger partial charge >= 0.3 is 17.8 Å². The Morgan fingerprint density at radius 3 is 2.61 bits per heavy atom. The van der Waals surface area contributed by atoms with Crippen LogP contribution in [0, 0.1) is 0 Å². The molecule has 0 radical (unpaired) electrons. The first kappa shape index (κ1) is 16.6. The van der Waals surface area contributed by atoms with Crippen LogP contribution in [0.4, 0.5) is 0 Å². The number of aromatic carboxylic acids is 1. The van der Waals surface area contributed by atoms with Crippen LogP contribution in [-0.4, -0.2) is 48.4 Å². The quantitative estimate of drug-likeness (QED) is 0.405. The predicted octanol–water partition coefficient (Wildman–Crippen LogP) is 0.130. The second-order valence-corrected chi connectivity index (χ2v) is 4.97. The molecule has 1 atom stereocenters. The summed E-state index contributed by atoms with van der Waals surface area (Å²) >= 11 is 0. The topological polar surface area (TPSA) is 117 Å². The van der Waals surface area contributed by atoms with Gasteiger partial charge in [-0.25, -0.2) is 10.2 Å². The lowest BCUT2D eigenvalue weighted by molar-refractivity contribution is -0.139. The summed E-state index contributed by atoms with van der Waals surface area (Å²) in [7, 11) is 0. The summed E-state index contributed by atoms with van der Waals surface area (Å²) in [4.78, 5) is 33.8. The van der Waals surface area contributed by atoms with Crippen LogP contribution >= 0.6 is 0 Å². The molecule has 0 saturated carbocycles. The van der Waals surface area contributed by atoms with Gasteiger partial charge in [0.05, 0.1) is 17.9 Å². The van der Waals surface area contributed by atoms with Crippen LogP contribution in [-0.2, 0) is 14.3 Å². The van der Waals surface area contributed by atoms with Gasteiger partial charge in [0.25, 0.3) is 0 Å². The van der Waals surface area contributed by atoms with E-state index < -0.39 is 17.8 Å². The van der Waals surface area contributed by atoms with E-state index in [-0.39, 0.29) is 11.7 Å². The van der Waals surface area contributed by atoms with Gasteiger partial charge in [-0.2, -0.15) is 5.10 Å². The average Bonchev–Trinajstić information content (AvgIpc) is 3.06. The number of carboxylic acids is 1. The number of benzene rings is 1. The number of rotatable bonds is 5. The molecule has 3 N–H and O–H groups in total. The fraction of sp³-hybridized carbons (Fsp3) is 0.333. The number of nitrogens with one attached hydrogen (secondary N) is 2. The summed E-state index contributed by atoms with van der Waals surface area (Å²) in [6.07, 6.45) is 3.10. The lowest BCUT2D eigenvalue weighted by atomic mass is 10.1. The van der Waals surface area contributed by atoms with Crippen molar-refractivity contribution in [2.75, 3.05) is 13.2 Å². The summed E-state index contributed by atoms with van der Waals surface area (Å²) in [6.45, 7) is 0.977. The zero-order chi connectivity index (χ0) is 16.7. The molecule has 0 aromatic heterocycles. The van der Waals surface area contributed by atoms with E-state index >= 15 is 0 Å². The Hall–Kier alpha value is -2.74. The molecular weight excluding hydrogens is 302 g/mol. The number of hydrogen-bond acceptors (Lipinski definition) is 5. The van der Waals surface area contributed by atoms with Crippen molar-refractivity contribution >= 4 is 24.0 Å². The number of amides is 2. The number of nitrogens with zero attached hydrogens (tertiary/aromatic N) is 1. The van der Waals surface area contributed by atoms with Gasteiger partial charge in [-0.3, -0.25) is 9.59 Å². The van der Waals surface area contributed by atoms with Crippen molar-refractivity contribution in [2.45, 2.75) is 18.9 Å². The first-order valence-electron chi connectivity index (χ1n) is 7.12. The Kier molecular flexibility index (Phi) is 5.81. The minimum atomic E-state index is -1.02. The number of carboxylic acid groups (broad SMARTS) is 1. The van der Waals surface area contributed by atoms with Crippen molar-refractivity contribution in [3.05, 3.63) is 35.4 Å². The third-order valence-corrected chi connectivity index (χ3v) is 3.26. The molecule has 1 aromatic carbocycles. The molecule has 1 heterocycles. The highest BCUT2D eigenvalue weighted by molar-refractivity contribution is 6.35. The summed E-state index contributed by atoms with van der Waals surface area (Å²) < 4.78 is 5.33. The molecule has 1 aliphatic heterocycles. The lowest BCUT2D eigenvalue weighted by Gasteiger charge is -2.09. The molecule has 0 aliphatic carbocycles. The van der Waals surface area contributed by atoms with Crippen LogP contribution in [0.15, 0.2) is 29.4 Å². The first-order chi connectivity index (χ1) is 11.1. The highest BCUT2D eigenvalue weighted by atomic mass is 16.5. The fourth-order valence-electron chi connectivity index (χ4n) is 2.02. The van der Waals surface area contributed by atoms with Gasteiger partial charge in [0.1, 0.15) is 0 Å². The Morgan fingerprint density at radius 1 is 1.26 bits per heavy atom. The number of hydrogen-bond donors (Lipinski definition) is 3. The van der Waals surface area contributed by atoms with Gasteiger partial charge in [-0.05, 0) is 30.5 Å². The Bertz CT molecular complexity index is 606. The largest absolute Gasteiger partial charge is 0.478 e. The SMILES string of the molecule is O=C(NC[C@H]1CCCO1)C(=O)N/N=C\c1ccc(C(=O)O)cc1. The molecule has 1 saturated heterocycles. The van der Waals surface area contributed by atoms with Gasteiger partial charge in [0, 0.05) is 13.2 Å². The molecule has 0 unspecified atom stereocenters. The second-order valence-electron chi connectivity index (χ2n) is 4.97. The standard InChI is InChI=1S/C15H17N3O5/c19-13(16-9-12-2-1-7-23-12)14(20)18-17-8-10-3-5-11(6-4-10)15(21)22/h3-6,8,12H,1-2,7,9H2,(H,16,19)(H,18,20)(H,21,22)/b17-8-/t12-/m1/s1. The smallest absolute Gasteiger partial charge is 0.335 e. The van der Waals surface area contributed by atoms with Crippen LogP contribution in [0.2, 0.25) is 0 Å².